The third-order valence-electron chi connectivity index (χ3n) is 8.34. The van der Waals surface area contributed by atoms with Gasteiger partial charge in [-0.05, 0) is 47.5 Å². The number of benzene rings is 4. The summed E-state index contributed by atoms with van der Waals surface area (Å²) in [6.45, 7) is 0. The number of carbonyl (C=O) groups excluding carboxylic acids is 2. The van der Waals surface area contributed by atoms with Crippen molar-refractivity contribution in [2.24, 2.45) is 10.2 Å². The molecule has 0 saturated carbocycles. The standard InChI is InChI=1S/2C16H12N4O10S2.Cr.5Na/c2*17-8-2-1-7-3-12(31(25,26)27)14(15(21)10(7)4-8)19-18-11-5-9(20(23)24)6-13(16(11)22)32(28,29)30;;;;;;/h2*1-6,18,22H,17H2,(H,25,26,27)(H,28,29,30);;;;;;/q;;;5*+1/b19-14+;;;;;;;. The second-order valence-corrected chi connectivity index (χ2v) is 18.2. The maximum absolute atomic E-state index is 12.8. The quantitative estimate of drug-likeness (QED) is 0.0176. The topological polar surface area (TPSA) is 479 Å². The summed E-state index contributed by atoms with van der Waals surface area (Å²) in [5.41, 5.74) is 10.4. The fraction of sp³-hybridized carbons (Fsp3) is 0. The van der Waals surface area contributed by atoms with Crippen molar-refractivity contribution in [1.82, 2.24) is 0 Å². The number of anilines is 4. The molecule has 38 heteroatoms. The first-order valence-corrected chi connectivity index (χ1v) is 22.1. The van der Waals surface area contributed by atoms with Crippen LogP contribution in [0.1, 0.15) is 31.8 Å². The number of rotatable bonds is 10. The molecule has 2 aliphatic carbocycles. The predicted molar refractivity (Wildman–Crippen MR) is 221 cm³/mol. The Morgan fingerprint density at radius 1 is 0.514 bits per heavy atom. The summed E-state index contributed by atoms with van der Waals surface area (Å²) in [5.74, 6) is -4.44. The Kier molecular flexibility index (Phi) is 26.8. The fourth-order valence-electron chi connectivity index (χ4n) is 5.49. The summed E-state index contributed by atoms with van der Waals surface area (Å²) in [4.78, 5) is 41.2. The molecular formula is C32H24CrN8Na5O20S4+5. The second-order valence-electron chi connectivity index (χ2n) is 12.6. The maximum Gasteiger partial charge on any atom is 1.00 e. The van der Waals surface area contributed by atoms with Crippen molar-refractivity contribution < 1.29 is 247 Å². The van der Waals surface area contributed by atoms with Gasteiger partial charge >= 0.3 is 148 Å². The molecule has 0 radical (unpaired) electrons. The van der Waals surface area contributed by atoms with Gasteiger partial charge in [0, 0.05) is 64.1 Å². The number of fused-ring (bicyclic) bond motifs is 2. The molecule has 0 heterocycles. The van der Waals surface area contributed by atoms with Crippen LogP contribution in [0.4, 0.5) is 34.1 Å². The molecule has 2 aliphatic rings. The van der Waals surface area contributed by atoms with Gasteiger partial charge in [0.25, 0.3) is 51.8 Å². The van der Waals surface area contributed by atoms with Crippen LogP contribution in [0.15, 0.2) is 90.5 Å². The van der Waals surface area contributed by atoms with Gasteiger partial charge in [-0.1, -0.05) is 12.1 Å². The van der Waals surface area contributed by atoms with E-state index in [-0.39, 0.29) is 199 Å². The van der Waals surface area contributed by atoms with E-state index < -0.39 is 127 Å². The number of non-ortho nitro benzene ring substituents is 2. The Labute approximate surface area is 515 Å². The minimum atomic E-state index is -5.12. The van der Waals surface area contributed by atoms with Crippen LogP contribution in [0.2, 0.25) is 0 Å². The van der Waals surface area contributed by atoms with Crippen LogP contribution < -0.4 is 170 Å². The number of hydrogen-bond acceptors (Lipinski definition) is 22. The van der Waals surface area contributed by atoms with Crippen molar-refractivity contribution in [1.29, 1.82) is 0 Å². The number of Topliss-reactive ketones (excluding diaryl/α,β-unsaturated/α-hetero) is 2. The van der Waals surface area contributed by atoms with Gasteiger partial charge in [-0.15, -0.1) is 0 Å². The molecule has 0 spiro atoms. The number of nitrogen functional groups attached to an aromatic ring is 2. The van der Waals surface area contributed by atoms with Gasteiger partial charge in [0.1, 0.15) is 31.0 Å². The van der Waals surface area contributed by atoms with Crippen LogP contribution in [-0.4, -0.2) is 94.9 Å². The smallest absolute Gasteiger partial charge is 0.504 e. The van der Waals surface area contributed by atoms with E-state index in [1.54, 1.807) is 0 Å². The van der Waals surface area contributed by atoms with E-state index >= 15 is 0 Å². The number of ketones is 2. The number of phenolic OH excluding ortho intramolecular Hbond substituents is 2. The largest absolute Gasteiger partial charge is 1.00 e. The molecule has 12 N–H and O–H groups in total. The average Bonchev–Trinajstić information content (AvgIpc) is 3.16. The first kappa shape index (κ1) is 69.9. The third kappa shape index (κ3) is 16.4. The van der Waals surface area contributed by atoms with Crippen molar-refractivity contribution in [3.05, 3.63) is 113 Å². The molecule has 0 saturated heterocycles. The summed E-state index contributed by atoms with van der Waals surface area (Å²) < 4.78 is 130. The monoisotopic (exact) mass is 1130 g/mol. The molecule has 0 aliphatic heterocycles. The predicted octanol–water partition coefficient (Wildman–Crippen LogP) is -12.9. The first-order chi connectivity index (χ1) is 29.4. The zero-order valence-electron chi connectivity index (χ0n) is 36.3. The maximum atomic E-state index is 12.8. The molecule has 0 bridgehead atoms. The number of hydrazone groups is 2. The van der Waals surface area contributed by atoms with E-state index in [1.807, 2.05) is 10.9 Å². The van der Waals surface area contributed by atoms with E-state index in [2.05, 4.69) is 10.2 Å². The van der Waals surface area contributed by atoms with Gasteiger partial charge in [0.2, 0.25) is 11.6 Å². The molecule has 0 unspecified atom stereocenters. The van der Waals surface area contributed by atoms with Gasteiger partial charge < -0.3 is 21.7 Å². The van der Waals surface area contributed by atoms with Crippen LogP contribution >= 0.6 is 0 Å². The number of phenols is 2. The van der Waals surface area contributed by atoms with Gasteiger partial charge in [0.05, 0.1) is 9.85 Å². The Hall–Kier alpha value is -2.19. The number of aromatic hydroxyl groups is 2. The van der Waals surface area contributed by atoms with E-state index in [0.717, 1.165) is 12.2 Å². The molecule has 4 aromatic carbocycles. The van der Waals surface area contributed by atoms with Crippen molar-refractivity contribution in [2.45, 2.75) is 9.79 Å². The Morgan fingerprint density at radius 3 is 1.07 bits per heavy atom. The number of carbonyl (C=O) groups is 2. The first-order valence-electron chi connectivity index (χ1n) is 16.3. The number of nitrogens with one attached hydrogen (secondary N) is 2. The van der Waals surface area contributed by atoms with Gasteiger partial charge in [0.15, 0.2) is 22.9 Å². The number of allylic oxidation sites excluding steroid dienone is 2. The van der Waals surface area contributed by atoms with Crippen LogP contribution in [0.25, 0.3) is 12.2 Å². The molecule has 0 fully saturated rings. The molecule has 0 amide bonds. The zero-order chi connectivity index (χ0) is 48.0. The Bertz CT molecular complexity index is 3180. The average molecular weight is 1140 g/mol. The second kappa shape index (κ2) is 26.9. The molecule has 0 aromatic heterocycles. The van der Waals surface area contributed by atoms with Gasteiger partial charge in [-0.2, -0.15) is 43.9 Å². The summed E-state index contributed by atoms with van der Waals surface area (Å²) in [5, 5.41) is 49.2. The van der Waals surface area contributed by atoms with E-state index in [4.69, 9.17) is 11.5 Å². The molecule has 4 aromatic rings. The van der Waals surface area contributed by atoms with Crippen molar-refractivity contribution in [3.8, 4) is 11.5 Å². The van der Waals surface area contributed by atoms with Crippen molar-refractivity contribution in [3.63, 3.8) is 0 Å². The fourth-order valence-corrected chi connectivity index (χ4v) is 8.05. The Balaban J connectivity index is 0. The number of hydrogen-bond donors (Lipinski definition) is 10. The summed E-state index contributed by atoms with van der Waals surface area (Å²) in [7, 11) is -20.2. The molecule has 6 rings (SSSR count). The molecule has 28 nitrogen and oxygen atoms in total. The van der Waals surface area contributed by atoms with E-state index in [9.17, 15) is 91.9 Å². The van der Waals surface area contributed by atoms with E-state index in [0.29, 0.717) is 24.3 Å². The zero-order valence-corrected chi connectivity index (χ0v) is 50.9. The summed E-state index contributed by atoms with van der Waals surface area (Å²) >= 11 is 0. The molecule has 342 valence electrons. The van der Waals surface area contributed by atoms with Crippen molar-refractivity contribution in [2.75, 3.05) is 22.3 Å². The Morgan fingerprint density at radius 2 is 0.814 bits per heavy atom. The van der Waals surface area contributed by atoms with Crippen LogP contribution in [0, 0.1) is 20.2 Å². The SMILES string of the molecule is Nc1ccc2c(c1)C(=O)/C(=N/Nc1cc([N+](=O)[O-])cc(S(=O)(=O)O)c1O)C(S(=O)(=O)O)=C2.Nc1ccc2c(c1)C(=O)C(=NNc1cc([N+](=O)[O-])cc(S(=O)(=O)O)c1O)C(S(=O)(=O)O)=C2.[Cr].[Na+].[Na+].[Na+].[Na+].[Na+]. The van der Waals surface area contributed by atoms with Gasteiger partial charge in [-0.25, -0.2) is 0 Å². The number of nitro groups is 2. The van der Waals surface area contributed by atoms with Crippen LogP contribution in [0.3, 0.4) is 0 Å². The molecular weight excluding hydrogens is 1110 g/mol. The van der Waals surface area contributed by atoms with E-state index in [1.165, 1.54) is 36.4 Å². The normalized spacial score (nSPS) is 13.9. The minimum absolute atomic E-state index is 0. The number of nitrogens with zero attached hydrogens (tertiary/aromatic N) is 4. The number of nitrogens with two attached hydrogens (primary N) is 2. The number of nitro benzene ring substituents is 2. The summed E-state index contributed by atoms with van der Waals surface area (Å²) in [6.07, 6.45) is 1.84. The summed E-state index contributed by atoms with van der Waals surface area (Å²) in [6, 6.07) is 9.80. The van der Waals surface area contributed by atoms with Crippen LogP contribution in [0.5, 0.6) is 11.5 Å². The minimum Gasteiger partial charge on any atom is -0.504 e. The van der Waals surface area contributed by atoms with Gasteiger partial charge in [-0.3, -0.25) is 58.9 Å². The third-order valence-corrected chi connectivity index (χ3v) is 11.8. The van der Waals surface area contributed by atoms with Crippen molar-refractivity contribution >= 4 is 110 Å². The molecule has 0 atom stereocenters. The van der Waals surface area contributed by atoms with Crippen LogP contribution in [-0.2, 0) is 57.8 Å². The molecule has 70 heavy (non-hydrogen) atoms.